The van der Waals surface area contributed by atoms with Gasteiger partial charge in [0.05, 0.1) is 0 Å². The third-order valence-electron chi connectivity index (χ3n) is 2.80. The van der Waals surface area contributed by atoms with Gasteiger partial charge in [0.25, 0.3) is 5.89 Å². The summed E-state index contributed by atoms with van der Waals surface area (Å²) in [6.45, 7) is 0. The molecule has 4 nitrogen and oxygen atoms in total. The van der Waals surface area contributed by atoms with Crippen molar-refractivity contribution in [2.24, 2.45) is 0 Å². The van der Waals surface area contributed by atoms with Crippen LogP contribution < -0.4 is 0 Å². The molecule has 0 saturated heterocycles. The smallest absolute Gasteiger partial charge is 0.286 e. The highest BCUT2D eigenvalue weighted by atomic mass is 32.1. The summed E-state index contributed by atoms with van der Waals surface area (Å²) >= 11 is 1.30. The summed E-state index contributed by atoms with van der Waals surface area (Å²) in [6.07, 6.45) is 3.66. The first-order valence-corrected chi connectivity index (χ1v) is 6.30. The van der Waals surface area contributed by atoms with Gasteiger partial charge < -0.3 is 4.52 Å². The van der Waals surface area contributed by atoms with E-state index in [1.807, 2.05) is 5.38 Å². The van der Waals surface area contributed by atoms with Crippen LogP contribution in [-0.4, -0.2) is 14.5 Å². The van der Waals surface area contributed by atoms with Crippen molar-refractivity contribution in [3.8, 4) is 11.5 Å². The zero-order chi connectivity index (χ0) is 11.7. The van der Waals surface area contributed by atoms with Crippen LogP contribution in [0.3, 0.4) is 0 Å². The average Bonchev–Trinajstić information content (AvgIpc) is 3.09. The molecule has 6 heteroatoms. The standard InChI is InChI=1S/C11H10FN3OS/c12-9(7-3-1-2-4-7)11-13-10(14-16-11)8-5-6-17-15-8/h5-6H,1-4H2. The van der Waals surface area contributed by atoms with Gasteiger partial charge >= 0.3 is 0 Å². The Morgan fingerprint density at radius 1 is 1.35 bits per heavy atom. The van der Waals surface area contributed by atoms with E-state index in [0.29, 0.717) is 11.5 Å². The molecule has 0 amide bonds. The summed E-state index contributed by atoms with van der Waals surface area (Å²) in [5, 5.41) is 5.55. The van der Waals surface area contributed by atoms with Crippen LogP contribution in [0.4, 0.5) is 4.39 Å². The summed E-state index contributed by atoms with van der Waals surface area (Å²) in [7, 11) is 0. The molecule has 0 bridgehead atoms. The molecule has 2 heterocycles. The lowest BCUT2D eigenvalue weighted by Gasteiger charge is -1.94. The van der Waals surface area contributed by atoms with Gasteiger partial charge in [-0.2, -0.15) is 9.36 Å². The van der Waals surface area contributed by atoms with Crippen LogP contribution in [-0.2, 0) is 0 Å². The number of halogens is 1. The van der Waals surface area contributed by atoms with Crippen molar-refractivity contribution in [3.05, 3.63) is 22.9 Å². The third kappa shape index (κ3) is 2.00. The summed E-state index contributed by atoms with van der Waals surface area (Å²) in [5.41, 5.74) is 1.41. The molecule has 3 rings (SSSR count). The van der Waals surface area contributed by atoms with E-state index in [9.17, 15) is 4.39 Å². The fraction of sp³-hybridized carbons (Fsp3) is 0.364. The topological polar surface area (TPSA) is 51.8 Å². The molecule has 17 heavy (non-hydrogen) atoms. The van der Waals surface area contributed by atoms with Crippen molar-refractivity contribution in [1.82, 2.24) is 14.5 Å². The number of hydrogen-bond donors (Lipinski definition) is 0. The van der Waals surface area contributed by atoms with Gasteiger partial charge in [-0.3, -0.25) is 0 Å². The molecule has 0 aromatic carbocycles. The Hall–Kier alpha value is -1.56. The van der Waals surface area contributed by atoms with Crippen LogP contribution in [0.1, 0.15) is 31.6 Å². The van der Waals surface area contributed by atoms with Crippen LogP contribution in [0.2, 0.25) is 0 Å². The lowest BCUT2D eigenvalue weighted by molar-refractivity contribution is 0.397. The molecular weight excluding hydrogens is 241 g/mol. The molecule has 1 aliphatic rings. The van der Waals surface area contributed by atoms with Gasteiger partial charge in [0, 0.05) is 5.38 Å². The van der Waals surface area contributed by atoms with E-state index in [4.69, 9.17) is 4.52 Å². The fourth-order valence-corrected chi connectivity index (χ4v) is 2.42. The Morgan fingerprint density at radius 2 is 2.18 bits per heavy atom. The quantitative estimate of drug-likeness (QED) is 0.820. The predicted molar refractivity (Wildman–Crippen MR) is 61.9 cm³/mol. The van der Waals surface area contributed by atoms with E-state index in [1.165, 1.54) is 11.5 Å². The minimum absolute atomic E-state index is 0.0232. The predicted octanol–water partition coefficient (Wildman–Crippen LogP) is 3.45. The third-order valence-corrected chi connectivity index (χ3v) is 3.36. The van der Waals surface area contributed by atoms with E-state index >= 15 is 0 Å². The van der Waals surface area contributed by atoms with Crippen molar-refractivity contribution >= 4 is 17.4 Å². The second-order valence-electron chi connectivity index (χ2n) is 3.93. The van der Waals surface area contributed by atoms with Gasteiger partial charge in [-0.1, -0.05) is 5.16 Å². The summed E-state index contributed by atoms with van der Waals surface area (Å²) in [6, 6.07) is 1.78. The van der Waals surface area contributed by atoms with Crippen LogP contribution in [0.5, 0.6) is 0 Å². The van der Waals surface area contributed by atoms with Gasteiger partial charge in [0.1, 0.15) is 5.69 Å². The molecule has 0 radical (unpaired) electrons. The van der Waals surface area contributed by atoms with Gasteiger partial charge in [-0.25, -0.2) is 4.39 Å². The van der Waals surface area contributed by atoms with Gasteiger partial charge in [-0.15, -0.1) is 0 Å². The molecular formula is C11H10FN3OS. The second kappa shape index (κ2) is 4.37. The zero-order valence-electron chi connectivity index (χ0n) is 9.02. The SMILES string of the molecule is FC(=C1CCCC1)c1nc(-c2ccsn2)no1. The van der Waals surface area contributed by atoms with Crippen LogP contribution in [0.15, 0.2) is 21.5 Å². The molecule has 0 spiro atoms. The Balaban J connectivity index is 1.93. The summed E-state index contributed by atoms with van der Waals surface area (Å²) in [5.74, 6) is -0.0311. The number of hydrogen-bond acceptors (Lipinski definition) is 5. The lowest BCUT2D eigenvalue weighted by Crippen LogP contribution is -1.84. The van der Waals surface area contributed by atoms with E-state index in [-0.39, 0.29) is 11.7 Å². The Bertz CT molecular complexity index is 539. The second-order valence-corrected chi connectivity index (χ2v) is 4.60. The maximum Gasteiger partial charge on any atom is 0.286 e. The van der Waals surface area contributed by atoms with Crippen molar-refractivity contribution < 1.29 is 8.91 Å². The molecule has 1 aliphatic carbocycles. The summed E-state index contributed by atoms with van der Waals surface area (Å²) < 4.78 is 23.0. The van der Waals surface area contributed by atoms with E-state index in [0.717, 1.165) is 31.3 Å². The molecule has 1 fully saturated rings. The minimum Gasteiger partial charge on any atom is -0.331 e. The minimum atomic E-state index is -0.350. The van der Waals surface area contributed by atoms with Crippen molar-refractivity contribution in [2.45, 2.75) is 25.7 Å². The lowest BCUT2D eigenvalue weighted by atomic mass is 10.2. The van der Waals surface area contributed by atoms with Crippen molar-refractivity contribution in [3.63, 3.8) is 0 Å². The molecule has 88 valence electrons. The maximum absolute atomic E-state index is 14.0. The molecule has 2 aromatic heterocycles. The van der Waals surface area contributed by atoms with Crippen LogP contribution >= 0.6 is 11.5 Å². The fourth-order valence-electron chi connectivity index (χ4n) is 1.92. The van der Waals surface area contributed by atoms with Crippen molar-refractivity contribution in [2.75, 3.05) is 0 Å². The highest BCUT2D eigenvalue weighted by Gasteiger charge is 2.20. The average molecular weight is 251 g/mol. The molecule has 0 aliphatic heterocycles. The van der Waals surface area contributed by atoms with Gasteiger partial charge in [0.15, 0.2) is 5.83 Å². The highest BCUT2D eigenvalue weighted by Crippen LogP contribution is 2.32. The Kier molecular flexibility index (Phi) is 2.72. The first-order valence-electron chi connectivity index (χ1n) is 5.47. The first-order chi connectivity index (χ1) is 8.34. The number of allylic oxidation sites excluding steroid dienone is 1. The highest BCUT2D eigenvalue weighted by molar-refractivity contribution is 7.03. The normalized spacial score (nSPS) is 15.5. The van der Waals surface area contributed by atoms with E-state index in [2.05, 4.69) is 14.5 Å². The van der Waals surface area contributed by atoms with Gasteiger partial charge in [0.2, 0.25) is 5.82 Å². The van der Waals surface area contributed by atoms with Crippen molar-refractivity contribution in [1.29, 1.82) is 0 Å². The zero-order valence-corrected chi connectivity index (χ0v) is 9.84. The van der Waals surface area contributed by atoms with Gasteiger partial charge in [-0.05, 0) is 48.9 Å². The Morgan fingerprint density at radius 3 is 2.88 bits per heavy atom. The molecule has 1 saturated carbocycles. The van der Waals surface area contributed by atoms with E-state index < -0.39 is 0 Å². The number of aromatic nitrogens is 3. The van der Waals surface area contributed by atoms with E-state index in [1.54, 1.807) is 6.07 Å². The summed E-state index contributed by atoms with van der Waals surface area (Å²) in [4.78, 5) is 4.03. The first kappa shape index (κ1) is 10.6. The van der Waals surface area contributed by atoms with Crippen LogP contribution in [0.25, 0.3) is 17.3 Å². The number of rotatable bonds is 2. The monoisotopic (exact) mass is 251 g/mol. The number of nitrogens with zero attached hydrogens (tertiary/aromatic N) is 3. The largest absolute Gasteiger partial charge is 0.331 e. The molecule has 0 N–H and O–H groups in total. The molecule has 0 unspecified atom stereocenters. The maximum atomic E-state index is 14.0. The molecule has 0 atom stereocenters. The molecule has 2 aromatic rings. The van der Waals surface area contributed by atoms with Crippen LogP contribution in [0, 0.1) is 0 Å². The Labute approximate surface area is 101 Å².